The van der Waals surface area contributed by atoms with Gasteiger partial charge in [0, 0.05) is 25.3 Å². The zero-order chi connectivity index (χ0) is 30.9. The monoisotopic (exact) mass is 604 g/mol. The Morgan fingerprint density at radius 3 is 2.57 bits per heavy atom. The van der Waals surface area contributed by atoms with E-state index in [2.05, 4.69) is 20.7 Å². The topological polar surface area (TPSA) is 143 Å². The zero-order valence-corrected chi connectivity index (χ0v) is 25.0. The number of hydrogen-bond acceptors (Lipinski definition) is 10. The van der Waals surface area contributed by atoms with E-state index in [1.54, 1.807) is 51.7 Å². The number of aromatic nitrogens is 4. The fraction of sp³-hybridized carbons (Fsp3) is 0.387. The van der Waals surface area contributed by atoms with Crippen LogP contribution in [0.25, 0.3) is 11.4 Å². The van der Waals surface area contributed by atoms with Gasteiger partial charge in [0.2, 0.25) is 11.7 Å². The average Bonchev–Trinajstić information content (AvgIpc) is 3.86. The molecule has 4 aromatic rings. The molecule has 0 spiro atoms. The highest BCUT2D eigenvalue weighted by molar-refractivity contribution is 5.88. The second-order valence-corrected chi connectivity index (χ2v) is 10.2. The Bertz CT molecular complexity index is 1520. The summed E-state index contributed by atoms with van der Waals surface area (Å²) >= 11 is 0. The number of benzene rings is 2. The Morgan fingerprint density at radius 1 is 1.07 bits per heavy atom. The summed E-state index contributed by atoms with van der Waals surface area (Å²) in [6.07, 6.45) is 3.64. The molecule has 1 fully saturated rings. The Hall–Kier alpha value is -4.91. The van der Waals surface area contributed by atoms with Crippen molar-refractivity contribution >= 4 is 11.8 Å². The van der Waals surface area contributed by atoms with Crippen molar-refractivity contribution in [1.29, 1.82) is 0 Å². The summed E-state index contributed by atoms with van der Waals surface area (Å²) in [5.41, 5.74) is 1.61. The second-order valence-electron chi connectivity index (χ2n) is 10.2. The van der Waals surface area contributed by atoms with E-state index < -0.39 is 11.9 Å². The molecule has 13 heteroatoms. The van der Waals surface area contributed by atoms with Crippen LogP contribution in [0.5, 0.6) is 17.2 Å². The first-order valence-corrected chi connectivity index (χ1v) is 14.3. The molecule has 13 nitrogen and oxygen atoms in total. The van der Waals surface area contributed by atoms with Gasteiger partial charge in [0.05, 0.1) is 33.7 Å². The van der Waals surface area contributed by atoms with Crippen molar-refractivity contribution < 1.29 is 33.0 Å². The van der Waals surface area contributed by atoms with Crippen LogP contribution in [0.3, 0.4) is 0 Å². The highest BCUT2D eigenvalue weighted by Gasteiger charge is 2.34. The molecule has 1 saturated heterocycles. The molecule has 5 rings (SSSR count). The third kappa shape index (κ3) is 7.35. The van der Waals surface area contributed by atoms with E-state index in [1.165, 1.54) is 16.0 Å². The molecule has 0 aliphatic carbocycles. The molecule has 0 saturated carbocycles. The van der Waals surface area contributed by atoms with Crippen molar-refractivity contribution in [2.24, 2.45) is 0 Å². The van der Waals surface area contributed by atoms with Gasteiger partial charge in [-0.3, -0.25) is 9.59 Å². The number of rotatable bonds is 14. The smallest absolute Gasteiger partial charge is 0.250 e. The van der Waals surface area contributed by atoms with Crippen molar-refractivity contribution in [3.05, 3.63) is 72.2 Å². The lowest BCUT2D eigenvalue weighted by Gasteiger charge is -2.30. The summed E-state index contributed by atoms with van der Waals surface area (Å²) in [5, 5.41) is 15.6. The van der Waals surface area contributed by atoms with Gasteiger partial charge in [-0.1, -0.05) is 6.07 Å². The molecule has 3 heterocycles. The van der Waals surface area contributed by atoms with Gasteiger partial charge in [-0.15, -0.1) is 10.2 Å². The van der Waals surface area contributed by atoms with Crippen molar-refractivity contribution in [2.45, 2.75) is 38.0 Å². The number of hydrogen-bond donors (Lipinski definition) is 1. The summed E-state index contributed by atoms with van der Waals surface area (Å²) in [7, 11) is 4.72. The lowest BCUT2D eigenvalue weighted by atomic mass is 10.1. The summed E-state index contributed by atoms with van der Waals surface area (Å²) in [6.45, 7) is 0.948. The summed E-state index contributed by atoms with van der Waals surface area (Å²) in [4.78, 5) is 30.4. The summed E-state index contributed by atoms with van der Waals surface area (Å²) in [6, 6.07) is 15.1. The number of methoxy groups -OCH3 is 3. The number of nitrogens with one attached hydrogen (secondary N) is 1. The fourth-order valence-corrected chi connectivity index (χ4v) is 5.05. The molecule has 232 valence electrons. The number of nitrogens with zero attached hydrogens (tertiary/aromatic N) is 5. The van der Waals surface area contributed by atoms with E-state index in [1.807, 2.05) is 24.3 Å². The minimum atomic E-state index is -1.04. The van der Waals surface area contributed by atoms with E-state index in [0.717, 1.165) is 24.0 Å². The van der Waals surface area contributed by atoms with Gasteiger partial charge in [0.15, 0.2) is 17.5 Å². The van der Waals surface area contributed by atoms with Gasteiger partial charge < -0.3 is 33.6 Å². The minimum absolute atomic E-state index is 0.0668. The van der Waals surface area contributed by atoms with Crippen molar-refractivity contribution in [3.63, 3.8) is 0 Å². The molecule has 2 amide bonds. The van der Waals surface area contributed by atoms with Gasteiger partial charge in [-0.05, 0) is 78.6 Å². The van der Waals surface area contributed by atoms with Crippen LogP contribution in [-0.2, 0) is 27.3 Å². The van der Waals surface area contributed by atoms with E-state index in [-0.39, 0.29) is 25.1 Å². The molecule has 44 heavy (non-hydrogen) atoms. The molecule has 0 bridgehead atoms. The highest BCUT2D eigenvalue weighted by Crippen LogP contribution is 2.29. The third-order valence-corrected chi connectivity index (χ3v) is 7.39. The van der Waals surface area contributed by atoms with Gasteiger partial charge >= 0.3 is 0 Å². The van der Waals surface area contributed by atoms with Crippen molar-refractivity contribution in [1.82, 2.24) is 30.4 Å². The van der Waals surface area contributed by atoms with Crippen LogP contribution < -0.4 is 19.5 Å². The fourth-order valence-electron chi connectivity index (χ4n) is 5.05. The minimum Gasteiger partial charge on any atom is -0.497 e. The van der Waals surface area contributed by atoms with Gasteiger partial charge in [0.1, 0.15) is 18.1 Å². The average molecular weight is 605 g/mol. The van der Waals surface area contributed by atoms with E-state index in [9.17, 15) is 9.59 Å². The van der Waals surface area contributed by atoms with Crippen molar-refractivity contribution in [3.8, 4) is 28.6 Å². The maximum Gasteiger partial charge on any atom is 0.250 e. The van der Waals surface area contributed by atoms with Gasteiger partial charge in [-0.25, -0.2) is 0 Å². The molecule has 0 unspecified atom stereocenters. The number of tetrazole rings is 1. The molecule has 2 aromatic heterocycles. The van der Waals surface area contributed by atoms with E-state index in [4.69, 9.17) is 23.4 Å². The number of carbonyl (C=O) groups excluding carboxylic acids is 2. The Balaban J connectivity index is 1.39. The molecular weight excluding hydrogens is 568 g/mol. The molecular formula is C31H36N6O7. The Kier molecular flexibility index (Phi) is 10.1. The number of ether oxygens (including phenoxy) is 4. The summed E-state index contributed by atoms with van der Waals surface area (Å²) < 4.78 is 27.4. The van der Waals surface area contributed by atoms with Gasteiger partial charge in [-0.2, -0.15) is 4.80 Å². The molecule has 0 radical (unpaired) electrons. The first kappa shape index (κ1) is 30.5. The predicted molar refractivity (Wildman–Crippen MR) is 158 cm³/mol. The highest BCUT2D eigenvalue weighted by atomic mass is 16.5. The molecule has 2 atom stereocenters. The van der Waals surface area contributed by atoms with Crippen LogP contribution in [0.15, 0.2) is 65.3 Å². The molecule has 2 aromatic carbocycles. The SMILES string of the molecule is COc1ccc(-c2nnn(CC(=O)N(CCc3ccc(OC)c(OC)c3)[C@@H](C(=O)NC[C@H]3CCCO3)c3ccco3)n2)cc1. The predicted octanol–water partition coefficient (Wildman–Crippen LogP) is 3.07. The third-order valence-electron chi connectivity index (χ3n) is 7.39. The van der Waals surface area contributed by atoms with Crippen LogP contribution >= 0.6 is 0 Å². The number of furan rings is 1. The van der Waals surface area contributed by atoms with Crippen LogP contribution in [-0.4, -0.2) is 84.1 Å². The largest absolute Gasteiger partial charge is 0.497 e. The normalized spacial score (nSPS) is 15.0. The lowest BCUT2D eigenvalue weighted by molar-refractivity contribution is -0.142. The standard InChI is InChI=1S/C31H36N6O7/c1-40-23-11-9-22(10-12-23)30-33-35-37(34-30)20-28(38)36(15-14-21-8-13-25(41-2)27(18-21)42-3)29(26-7-5-17-44-26)31(39)32-19-24-6-4-16-43-24/h5,7-13,17-18,24,29H,4,6,14-16,19-20H2,1-3H3,(H,32,39)/t24-,29-/m1/s1. The Labute approximate surface area is 255 Å². The van der Waals surface area contributed by atoms with E-state index in [0.29, 0.717) is 48.4 Å². The zero-order valence-electron chi connectivity index (χ0n) is 25.0. The number of carbonyl (C=O) groups is 2. The maximum absolute atomic E-state index is 14.0. The van der Waals surface area contributed by atoms with Crippen LogP contribution in [0.1, 0.15) is 30.2 Å². The molecule has 1 aliphatic heterocycles. The quantitative estimate of drug-likeness (QED) is 0.228. The van der Waals surface area contributed by atoms with Crippen LogP contribution in [0.4, 0.5) is 0 Å². The number of amides is 2. The molecule has 1 aliphatic rings. The maximum atomic E-state index is 14.0. The van der Waals surface area contributed by atoms with Crippen LogP contribution in [0, 0.1) is 0 Å². The van der Waals surface area contributed by atoms with Gasteiger partial charge in [0.25, 0.3) is 5.91 Å². The van der Waals surface area contributed by atoms with Crippen LogP contribution in [0.2, 0.25) is 0 Å². The van der Waals surface area contributed by atoms with E-state index >= 15 is 0 Å². The first-order valence-electron chi connectivity index (χ1n) is 14.3. The van der Waals surface area contributed by atoms with Crippen molar-refractivity contribution in [2.75, 3.05) is 41.0 Å². The lowest BCUT2D eigenvalue weighted by Crippen LogP contribution is -2.47. The first-order chi connectivity index (χ1) is 21.5. The Morgan fingerprint density at radius 2 is 1.89 bits per heavy atom. The summed E-state index contributed by atoms with van der Waals surface area (Å²) in [5.74, 6) is 1.78. The second kappa shape index (κ2) is 14.5. The molecule has 1 N–H and O–H groups in total.